The third kappa shape index (κ3) is 4.05. The highest BCUT2D eigenvalue weighted by atomic mass is 32.2. The summed E-state index contributed by atoms with van der Waals surface area (Å²) in [6.45, 7) is 6.68. The Morgan fingerprint density at radius 1 is 1.27 bits per heavy atom. The molecule has 6 nitrogen and oxygen atoms in total. The minimum absolute atomic E-state index is 0.0633. The van der Waals surface area contributed by atoms with E-state index in [0.717, 1.165) is 26.2 Å². The van der Waals surface area contributed by atoms with E-state index in [-0.39, 0.29) is 10.5 Å². The molecule has 1 heterocycles. The van der Waals surface area contributed by atoms with Crippen LogP contribution in [0.2, 0.25) is 0 Å². The zero-order valence-electron chi connectivity index (χ0n) is 13.0. The molecule has 0 aliphatic carbocycles. The SMILES string of the molecule is Cc1cccc(S(=O)(=O)NCCN2CCN(C)CC2)c1C#N. The summed E-state index contributed by atoms with van der Waals surface area (Å²) in [4.78, 5) is 4.56. The number of hydrogen-bond acceptors (Lipinski definition) is 5. The zero-order chi connectivity index (χ0) is 16.2. The van der Waals surface area contributed by atoms with Crippen LogP contribution in [0.15, 0.2) is 23.1 Å². The van der Waals surface area contributed by atoms with Crippen LogP contribution in [-0.4, -0.2) is 64.5 Å². The molecule has 2 rings (SSSR count). The smallest absolute Gasteiger partial charge is 0.241 e. The summed E-state index contributed by atoms with van der Waals surface area (Å²) in [6, 6.07) is 6.85. The maximum Gasteiger partial charge on any atom is 0.241 e. The first kappa shape index (κ1) is 16.9. The molecule has 7 heteroatoms. The van der Waals surface area contributed by atoms with E-state index in [4.69, 9.17) is 5.26 Å². The highest BCUT2D eigenvalue weighted by molar-refractivity contribution is 7.89. The Morgan fingerprint density at radius 2 is 1.95 bits per heavy atom. The summed E-state index contributed by atoms with van der Waals surface area (Å²) in [5.41, 5.74) is 0.888. The Hall–Kier alpha value is -1.46. The number of aryl methyl sites for hydroxylation is 1. The first-order valence-corrected chi connectivity index (χ1v) is 8.82. The van der Waals surface area contributed by atoms with Crippen molar-refractivity contribution in [2.75, 3.05) is 46.3 Å². The van der Waals surface area contributed by atoms with Crippen molar-refractivity contribution in [3.63, 3.8) is 0 Å². The van der Waals surface area contributed by atoms with Crippen molar-refractivity contribution in [1.82, 2.24) is 14.5 Å². The first-order chi connectivity index (χ1) is 10.4. The lowest BCUT2D eigenvalue weighted by atomic mass is 10.1. The molecule has 1 saturated heterocycles. The molecular weight excluding hydrogens is 300 g/mol. The Bertz CT molecular complexity index is 659. The molecule has 0 aromatic heterocycles. The lowest BCUT2D eigenvalue weighted by Gasteiger charge is -2.32. The Labute approximate surface area is 132 Å². The van der Waals surface area contributed by atoms with Gasteiger partial charge in [-0.25, -0.2) is 13.1 Å². The van der Waals surface area contributed by atoms with E-state index in [1.807, 2.05) is 6.07 Å². The van der Waals surface area contributed by atoms with Gasteiger partial charge in [0.1, 0.15) is 6.07 Å². The topological polar surface area (TPSA) is 76.4 Å². The first-order valence-electron chi connectivity index (χ1n) is 7.34. The number of nitrogens with zero attached hydrogens (tertiary/aromatic N) is 3. The van der Waals surface area contributed by atoms with Crippen molar-refractivity contribution >= 4 is 10.0 Å². The number of piperazine rings is 1. The third-order valence-corrected chi connectivity index (χ3v) is 5.46. The van der Waals surface area contributed by atoms with Crippen LogP contribution in [0, 0.1) is 18.3 Å². The molecule has 1 aliphatic heterocycles. The molecule has 22 heavy (non-hydrogen) atoms. The predicted molar refractivity (Wildman–Crippen MR) is 85.0 cm³/mol. The van der Waals surface area contributed by atoms with E-state index >= 15 is 0 Å². The van der Waals surface area contributed by atoms with Crippen LogP contribution in [0.4, 0.5) is 0 Å². The minimum atomic E-state index is -3.65. The molecule has 1 aromatic carbocycles. The van der Waals surface area contributed by atoms with Crippen molar-refractivity contribution < 1.29 is 8.42 Å². The fourth-order valence-electron chi connectivity index (χ4n) is 2.50. The average molecular weight is 322 g/mol. The van der Waals surface area contributed by atoms with E-state index in [1.165, 1.54) is 6.07 Å². The highest BCUT2D eigenvalue weighted by Crippen LogP contribution is 2.18. The number of nitriles is 1. The van der Waals surface area contributed by atoms with Gasteiger partial charge in [0.25, 0.3) is 0 Å². The Morgan fingerprint density at radius 3 is 2.59 bits per heavy atom. The molecule has 0 saturated carbocycles. The maximum atomic E-state index is 12.4. The van der Waals surface area contributed by atoms with Crippen LogP contribution in [0.3, 0.4) is 0 Å². The average Bonchev–Trinajstić information content (AvgIpc) is 2.49. The van der Waals surface area contributed by atoms with Gasteiger partial charge in [0.2, 0.25) is 10.0 Å². The van der Waals surface area contributed by atoms with Crippen molar-refractivity contribution in [3.8, 4) is 6.07 Å². The van der Waals surface area contributed by atoms with Crippen molar-refractivity contribution in [2.24, 2.45) is 0 Å². The molecule has 1 aromatic rings. The molecule has 0 atom stereocenters. The number of likely N-dealkylation sites (N-methyl/N-ethyl adjacent to an activating group) is 1. The lowest BCUT2D eigenvalue weighted by Crippen LogP contribution is -2.46. The van der Waals surface area contributed by atoms with Crippen molar-refractivity contribution in [1.29, 1.82) is 5.26 Å². The molecular formula is C15H22N4O2S. The van der Waals surface area contributed by atoms with Crippen LogP contribution < -0.4 is 4.72 Å². The van der Waals surface area contributed by atoms with Gasteiger partial charge in [-0.05, 0) is 25.6 Å². The van der Waals surface area contributed by atoms with Gasteiger partial charge in [-0.15, -0.1) is 0 Å². The number of benzene rings is 1. The molecule has 0 bridgehead atoms. The maximum absolute atomic E-state index is 12.4. The standard InChI is InChI=1S/C15H22N4O2S/c1-13-4-3-5-15(14(13)12-16)22(20,21)17-6-7-19-10-8-18(2)9-11-19/h3-5,17H,6-11H2,1-2H3. The molecule has 0 radical (unpaired) electrons. The fraction of sp³-hybridized carbons (Fsp3) is 0.533. The van der Waals surface area contributed by atoms with E-state index in [0.29, 0.717) is 18.7 Å². The van der Waals surface area contributed by atoms with Gasteiger partial charge in [-0.2, -0.15) is 5.26 Å². The molecule has 1 N–H and O–H groups in total. The van der Waals surface area contributed by atoms with Gasteiger partial charge in [-0.3, -0.25) is 4.90 Å². The van der Waals surface area contributed by atoms with E-state index in [2.05, 4.69) is 21.6 Å². The summed E-state index contributed by atoms with van der Waals surface area (Å²) in [5, 5.41) is 9.16. The summed E-state index contributed by atoms with van der Waals surface area (Å²) >= 11 is 0. The minimum Gasteiger partial charge on any atom is -0.304 e. The number of hydrogen-bond donors (Lipinski definition) is 1. The van der Waals surface area contributed by atoms with E-state index < -0.39 is 10.0 Å². The monoisotopic (exact) mass is 322 g/mol. The Balaban J connectivity index is 1.98. The largest absolute Gasteiger partial charge is 0.304 e. The van der Waals surface area contributed by atoms with E-state index in [1.54, 1.807) is 19.1 Å². The van der Waals surface area contributed by atoms with Gasteiger partial charge in [0.05, 0.1) is 10.5 Å². The second kappa shape index (κ2) is 7.20. The molecule has 0 unspecified atom stereocenters. The van der Waals surface area contributed by atoms with Crippen LogP contribution >= 0.6 is 0 Å². The summed E-state index contributed by atoms with van der Waals surface area (Å²) in [5.74, 6) is 0. The molecule has 1 fully saturated rings. The Kier molecular flexibility index (Phi) is 5.53. The van der Waals surface area contributed by atoms with Crippen LogP contribution in [0.5, 0.6) is 0 Å². The highest BCUT2D eigenvalue weighted by Gasteiger charge is 2.20. The quantitative estimate of drug-likeness (QED) is 0.849. The van der Waals surface area contributed by atoms with Gasteiger partial charge in [-0.1, -0.05) is 12.1 Å². The van der Waals surface area contributed by atoms with E-state index in [9.17, 15) is 8.42 Å². The zero-order valence-corrected chi connectivity index (χ0v) is 13.9. The predicted octanol–water partition coefficient (Wildman–Crippen LogP) is 0.392. The number of nitrogens with one attached hydrogen (secondary N) is 1. The number of sulfonamides is 1. The summed E-state index contributed by atoms with van der Waals surface area (Å²) in [6.07, 6.45) is 0. The van der Waals surface area contributed by atoms with Crippen LogP contribution in [0.25, 0.3) is 0 Å². The normalized spacial score (nSPS) is 17.3. The summed E-state index contributed by atoms with van der Waals surface area (Å²) in [7, 11) is -1.56. The van der Waals surface area contributed by atoms with Crippen LogP contribution in [-0.2, 0) is 10.0 Å². The fourth-order valence-corrected chi connectivity index (χ4v) is 3.74. The van der Waals surface area contributed by atoms with Crippen LogP contribution in [0.1, 0.15) is 11.1 Å². The lowest BCUT2D eigenvalue weighted by molar-refractivity contribution is 0.156. The van der Waals surface area contributed by atoms with Crippen molar-refractivity contribution in [3.05, 3.63) is 29.3 Å². The second-order valence-electron chi connectivity index (χ2n) is 5.60. The van der Waals surface area contributed by atoms with Crippen molar-refractivity contribution in [2.45, 2.75) is 11.8 Å². The third-order valence-electron chi connectivity index (χ3n) is 3.95. The van der Waals surface area contributed by atoms with Gasteiger partial charge in [0, 0.05) is 39.3 Å². The van der Waals surface area contributed by atoms with Gasteiger partial charge < -0.3 is 4.90 Å². The second-order valence-corrected chi connectivity index (χ2v) is 7.34. The molecule has 1 aliphatic rings. The molecule has 0 spiro atoms. The van der Waals surface area contributed by atoms with Gasteiger partial charge in [0.15, 0.2) is 0 Å². The molecule has 0 amide bonds. The summed E-state index contributed by atoms with van der Waals surface area (Å²) < 4.78 is 27.3. The van der Waals surface area contributed by atoms with Gasteiger partial charge >= 0.3 is 0 Å². The molecule has 120 valence electrons. The number of rotatable bonds is 5.